The molecule has 0 spiro atoms. The number of nitrogens with zero attached hydrogens (tertiary/aromatic N) is 2. The number of fused-ring (bicyclic) bond motifs is 2. The molecule has 0 bridgehead atoms. The van der Waals surface area contributed by atoms with Crippen molar-refractivity contribution >= 4 is 5.91 Å². The number of carbonyl (C=O) groups is 1. The first-order valence-electron chi connectivity index (χ1n) is 10.3. The maximum atomic E-state index is 12.7. The minimum Gasteiger partial charge on any atom is -0.390 e. The van der Waals surface area contributed by atoms with Crippen molar-refractivity contribution in [3.05, 3.63) is 24.3 Å². The molecule has 10 atom stereocenters. The summed E-state index contributed by atoms with van der Waals surface area (Å²) in [6, 6.07) is -2.24. The summed E-state index contributed by atoms with van der Waals surface area (Å²) < 4.78 is 17.8. The number of amides is 1. The fourth-order valence-corrected chi connectivity index (χ4v) is 4.67. The number of aliphatic hydroxyl groups is 3. The molecule has 4 rings (SSSR count). The summed E-state index contributed by atoms with van der Waals surface area (Å²) in [6.07, 6.45) is -1.16. The third-order valence-corrected chi connectivity index (χ3v) is 6.25. The molecule has 12 heteroatoms. The third-order valence-electron chi connectivity index (χ3n) is 6.25. The van der Waals surface area contributed by atoms with Gasteiger partial charge in [0.2, 0.25) is 12.1 Å². The summed E-state index contributed by atoms with van der Waals surface area (Å²) in [4.78, 5) is 20.5. The van der Waals surface area contributed by atoms with Crippen molar-refractivity contribution in [3.8, 4) is 0 Å². The Labute approximate surface area is 179 Å². The molecule has 2 aliphatic heterocycles. The van der Waals surface area contributed by atoms with Gasteiger partial charge < -0.3 is 45.5 Å². The van der Waals surface area contributed by atoms with E-state index in [1.54, 1.807) is 21.0 Å². The summed E-state index contributed by atoms with van der Waals surface area (Å²) in [6.45, 7) is 1.78. The largest absolute Gasteiger partial charge is 0.390 e. The number of nitrogens with one attached hydrogen (secondary N) is 3. The van der Waals surface area contributed by atoms with Crippen LogP contribution in [0, 0.1) is 0 Å². The van der Waals surface area contributed by atoms with E-state index < -0.39 is 60.5 Å². The van der Waals surface area contributed by atoms with Crippen LogP contribution in [-0.2, 0) is 14.2 Å². The summed E-state index contributed by atoms with van der Waals surface area (Å²) >= 11 is 0. The van der Waals surface area contributed by atoms with Gasteiger partial charge in [0.1, 0.15) is 24.0 Å². The molecule has 0 aromatic carbocycles. The van der Waals surface area contributed by atoms with E-state index >= 15 is 0 Å². The third kappa shape index (κ3) is 3.83. The first-order valence-corrected chi connectivity index (χ1v) is 10.3. The summed E-state index contributed by atoms with van der Waals surface area (Å²) in [5.41, 5.74) is 0.0878. The highest BCUT2D eigenvalue weighted by Crippen LogP contribution is 2.41. The fourth-order valence-electron chi connectivity index (χ4n) is 4.67. The Morgan fingerprint density at radius 1 is 1.13 bits per heavy atom. The molecule has 12 nitrogen and oxygen atoms in total. The number of aliphatic hydroxyl groups excluding tert-OH is 2. The Bertz CT molecular complexity index is 788. The van der Waals surface area contributed by atoms with Crippen LogP contribution in [0.3, 0.4) is 0 Å². The Morgan fingerprint density at radius 2 is 1.87 bits per heavy atom. The maximum Gasteiger partial charge on any atom is 0.271 e. The molecule has 31 heavy (non-hydrogen) atoms. The molecule has 1 amide bonds. The van der Waals surface area contributed by atoms with E-state index in [-0.39, 0.29) is 18.2 Å². The molecular formula is C19H29N5O7. The van der Waals surface area contributed by atoms with Gasteiger partial charge in [-0.15, -0.1) is 0 Å². The van der Waals surface area contributed by atoms with Gasteiger partial charge in [0.05, 0.1) is 36.5 Å². The Morgan fingerprint density at radius 3 is 2.52 bits per heavy atom. The lowest BCUT2D eigenvalue weighted by Gasteiger charge is -2.58. The molecule has 1 aliphatic carbocycles. The number of aromatic nitrogens is 2. The fraction of sp³-hybridized carbons (Fsp3) is 0.737. The second-order valence-electron chi connectivity index (χ2n) is 8.18. The standard InChI is InChI=1S/C19H29N5O7/c1-8-6-10(24-17(27)9-7-22-4-5-23-9)19(28)18(29-8)30-16-14(26)11(20-2)13(25)12(21-3)15(16)31-19/h4-5,7-8,10-16,18,20-21,25-26,28H,6H2,1-3H3,(H,24,27)/t8-,10-,11-,12?,13?,14+,15?,16?,18?,19+/m1/s1. The van der Waals surface area contributed by atoms with Crippen molar-refractivity contribution in [1.29, 1.82) is 0 Å². The van der Waals surface area contributed by atoms with Gasteiger partial charge >= 0.3 is 0 Å². The van der Waals surface area contributed by atoms with E-state index in [9.17, 15) is 20.1 Å². The molecule has 1 aromatic heterocycles. The van der Waals surface area contributed by atoms with Crippen LogP contribution >= 0.6 is 0 Å². The van der Waals surface area contributed by atoms with Gasteiger partial charge in [-0.05, 0) is 27.4 Å². The average Bonchev–Trinajstić information content (AvgIpc) is 2.75. The molecule has 1 aromatic rings. The van der Waals surface area contributed by atoms with Crippen LogP contribution in [0.4, 0.5) is 0 Å². The zero-order valence-corrected chi connectivity index (χ0v) is 17.5. The predicted octanol–water partition coefficient (Wildman–Crippen LogP) is -2.91. The minimum absolute atomic E-state index is 0.0878. The van der Waals surface area contributed by atoms with E-state index in [4.69, 9.17) is 14.2 Å². The topological polar surface area (TPSA) is 167 Å². The van der Waals surface area contributed by atoms with Gasteiger partial charge in [0.15, 0.2) is 0 Å². The molecular weight excluding hydrogens is 410 g/mol. The van der Waals surface area contributed by atoms with E-state index in [1.165, 1.54) is 18.6 Å². The number of carbonyl (C=O) groups excluding carboxylic acids is 1. The minimum atomic E-state index is -2.05. The van der Waals surface area contributed by atoms with Gasteiger partial charge in [-0.25, -0.2) is 4.98 Å². The maximum absolute atomic E-state index is 12.7. The zero-order valence-electron chi connectivity index (χ0n) is 17.5. The number of ether oxygens (including phenoxy) is 3. The van der Waals surface area contributed by atoms with Crippen LogP contribution in [0.5, 0.6) is 0 Å². The lowest BCUT2D eigenvalue weighted by atomic mass is 9.79. The molecule has 1 saturated carbocycles. The van der Waals surface area contributed by atoms with Crippen LogP contribution in [-0.4, -0.2) is 106 Å². The molecule has 6 N–H and O–H groups in total. The van der Waals surface area contributed by atoms with Crippen molar-refractivity contribution in [3.63, 3.8) is 0 Å². The van der Waals surface area contributed by atoms with Gasteiger partial charge in [-0.3, -0.25) is 9.78 Å². The van der Waals surface area contributed by atoms with Crippen molar-refractivity contribution in [2.45, 2.75) is 74.1 Å². The van der Waals surface area contributed by atoms with Gasteiger partial charge in [-0.1, -0.05) is 0 Å². The van der Waals surface area contributed by atoms with Crippen molar-refractivity contribution < 1.29 is 34.3 Å². The van der Waals surface area contributed by atoms with Crippen molar-refractivity contribution in [2.75, 3.05) is 14.1 Å². The van der Waals surface area contributed by atoms with Crippen LogP contribution in [0.1, 0.15) is 23.8 Å². The van der Waals surface area contributed by atoms with Gasteiger partial charge in [0, 0.05) is 12.4 Å². The van der Waals surface area contributed by atoms with Crippen LogP contribution < -0.4 is 16.0 Å². The predicted molar refractivity (Wildman–Crippen MR) is 105 cm³/mol. The monoisotopic (exact) mass is 439 g/mol. The summed E-state index contributed by atoms with van der Waals surface area (Å²) in [5.74, 6) is -2.58. The van der Waals surface area contributed by atoms with Crippen LogP contribution in [0.25, 0.3) is 0 Å². The van der Waals surface area contributed by atoms with Gasteiger partial charge in [-0.2, -0.15) is 0 Å². The second-order valence-corrected chi connectivity index (χ2v) is 8.18. The molecule has 3 heterocycles. The number of rotatable bonds is 4. The van der Waals surface area contributed by atoms with Crippen molar-refractivity contribution in [1.82, 2.24) is 25.9 Å². The molecule has 3 aliphatic rings. The Balaban J connectivity index is 1.61. The first kappa shape index (κ1) is 22.4. The average molecular weight is 439 g/mol. The van der Waals surface area contributed by atoms with Crippen LogP contribution in [0.15, 0.2) is 18.6 Å². The van der Waals surface area contributed by atoms with E-state index in [0.717, 1.165) is 0 Å². The van der Waals surface area contributed by atoms with E-state index in [2.05, 4.69) is 25.9 Å². The molecule has 172 valence electrons. The number of hydrogen-bond acceptors (Lipinski definition) is 11. The highest BCUT2D eigenvalue weighted by atomic mass is 16.8. The van der Waals surface area contributed by atoms with Crippen molar-refractivity contribution in [2.24, 2.45) is 0 Å². The molecule has 5 unspecified atom stereocenters. The smallest absolute Gasteiger partial charge is 0.271 e. The molecule has 2 saturated heterocycles. The quantitative estimate of drug-likeness (QED) is 0.285. The second kappa shape index (κ2) is 8.64. The van der Waals surface area contributed by atoms with Crippen LogP contribution in [0.2, 0.25) is 0 Å². The molecule has 3 fully saturated rings. The zero-order chi connectivity index (χ0) is 22.3. The Kier molecular flexibility index (Phi) is 6.25. The normalized spacial score (nSPS) is 44.8. The van der Waals surface area contributed by atoms with Gasteiger partial charge in [0.25, 0.3) is 5.91 Å². The highest BCUT2D eigenvalue weighted by molar-refractivity contribution is 5.92. The highest BCUT2D eigenvalue weighted by Gasteiger charge is 2.63. The molecule has 0 radical (unpaired) electrons. The number of hydrogen-bond donors (Lipinski definition) is 6. The summed E-state index contributed by atoms with van der Waals surface area (Å²) in [7, 11) is 3.27. The SMILES string of the molecule is CNC1C2O[C@]3(O)C(OC2[C@@H](O)[C@H](NC)C1O)O[C@H](C)C[C@H]3NC(=O)c1cnccn1. The number of likely N-dealkylation sites (N-methyl/N-ethyl adjacent to an activating group) is 2. The summed E-state index contributed by atoms with van der Waals surface area (Å²) in [5, 5.41) is 41.6. The first-order chi connectivity index (χ1) is 14.8. The lowest BCUT2D eigenvalue weighted by Crippen LogP contribution is -2.79. The lowest BCUT2D eigenvalue weighted by molar-refractivity contribution is -0.448. The van der Waals surface area contributed by atoms with E-state index in [1.807, 2.05) is 0 Å². The van der Waals surface area contributed by atoms with E-state index in [0.29, 0.717) is 0 Å². The Hall–Kier alpha value is -1.77.